The Kier molecular flexibility index (Phi) is 9.47. The van der Waals surface area contributed by atoms with Crippen molar-refractivity contribution < 1.29 is 19.0 Å². The zero-order valence-electron chi connectivity index (χ0n) is 16.1. The largest absolute Gasteiger partial charge is 0.497 e. The first-order chi connectivity index (χ1) is 12.6. The predicted molar refractivity (Wildman–Crippen MR) is 108 cm³/mol. The highest BCUT2D eigenvalue weighted by Gasteiger charge is 2.15. The molecule has 6 nitrogen and oxygen atoms in total. The number of ether oxygens (including phenoxy) is 3. The van der Waals surface area contributed by atoms with E-state index in [9.17, 15) is 4.79 Å². The average Bonchev–Trinajstić information content (AvgIpc) is 2.66. The van der Waals surface area contributed by atoms with E-state index in [0.29, 0.717) is 24.7 Å². The molecule has 7 heteroatoms. The second-order valence-electron chi connectivity index (χ2n) is 5.91. The molecular weight excluding hydrogens is 368 g/mol. The molecule has 0 aliphatic carbocycles. The summed E-state index contributed by atoms with van der Waals surface area (Å²) in [6.07, 6.45) is 0. The Labute approximate surface area is 166 Å². The van der Waals surface area contributed by atoms with Gasteiger partial charge < -0.3 is 24.8 Å². The van der Waals surface area contributed by atoms with E-state index in [1.54, 1.807) is 21.3 Å². The molecule has 0 spiro atoms. The molecule has 0 heterocycles. The Balaban J connectivity index is 0.00000364. The number of carbonyl (C=O) groups excluding carboxylic acids is 1. The molecule has 148 valence electrons. The Morgan fingerprint density at radius 1 is 1.04 bits per heavy atom. The highest BCUT2D eigenvalue weighted by Crippen LogP contribution is 2.29. The van der Waals surface area contributed by atoms with Gasteiger partial charge in [0, 0.05) is 19.2 Å². The third-order valence-corrected chi connectivity index (χ3v) is 4.01. The second-order valence-corrected chi connectivity index (χ2v) is 5.91. The van der Waals surface area contributed by atoms with Crippen molar-refractivity contribution in [3.63, 3.8) is 0 Å². The van der Waals surface area contributed by atoms with Crippen LogP contribution in [0.3, 0.4) is 0 Å². The number of halogens is 1. The second kappa shape index (κ2) is 11.3. The van der Waals surface area contributed by atoms with E-state index in [-0.39, 0.29) is 24.5 Å². The van der Waals surface area contributed by atoms with Gasteiger partial charge in [-0.15, -0.1) is 12.4 Å². The lowest BCUT2D eigenvalue weighted by atomic mass is 10.1. The van der Waals surface area contributed by atoms with Gasteiger partial charge in [0.15, 0.2) is 0 Å². The number of rotatable bonds is 8. The van der Waals surface area contributed by atoms with Gasteiger partial charge in [-0.3, -0.25) is 0 Å². The topological polar surface area (TPSA) is 68.8 Å². The Bertz CT molecular complexity index is 740. The van der Waals surface area contributed by atoms with Crippen LogP contribution in [0.15, 0.2) is 42.5 Å². The molecule has 0 aliphatic heterocycles. The summed E-state index contributed by atoms with van der Waals surface area (Å²) in [7, 11) is 4.87. The lowest BCUT2D eigenvalue weighted by molar-refractivity contribution is 0.185. The maximum absolute atomic E-state index is 12.2. The Hall–Kier alpha value is -2.44. The van der Waals surface area contributed by atoms with Crippen LogP contribution in [0.2, 0.25) is 0 Å². The molecule has 0 fully saturated rings. The van der Waals surface area contributed by atoms with Gasteiger partial charge in [-0.05, 0) is 36.2 Å². The molecule has 0 saturated carbocycles. The summed E-state index contributed by atoms with van der Waals surface area (Å²) >= 11 is 0. The summed E-state index contributed by atoms with van der Waals surface area (Å²) in [6, 6.07) is 12.9. The van der Waals surface area contributed by atoms with Gasteiger partial charge in [-0.1, -0.05) is 24.3 Å². The van der Waals surface area contributed by atoms with Gasteiger partial charge in [-0.25, -0.2) is 4.79 Å². The quantitative estimate of drug-likeness (QED) is 0.713. The highest BCUT2D eigenvalue weighted by atomic mass is 35.5. The van der Waals surface area contributed by atoms with Crippen LogP contribution in [0.1, 0.15) is 29.7 Å². The predicted octanol–water partition coefficient (Wildman–Crippen LogP) is 3.83. The molecule has 2 aromatic carbocycles. The molecule has 0 aromatic heterocycles. The summed E-state index contributed by atoms with van der Waals surface area (Å²) in [4.78, 5) is 12.2. The van der Waals surface area contributed by atoms with Crippen molar-refractivity contribution in [3.8, 4) is 11.5 Å². The zero-order chi connectivity index (χ0) is 18.9. The van der Waals surface area contributed by atoms with Gasteiger partial charge in [0.05, 0.1) is 26.9 Å². The van der Waals surface area contributed by atoms with Crippen molar-refractivity contribution in [2.45, 2.75) is 26.1 Å². The van der Waals surface area contributed by atoms with Crippen LogP contribution in [0.4, 0.5) is 4.79 Å². The molecule has 0 saturated heterocycles. The van der Waals surface area contributed by atoms with Gasteiger partial charge in [0.2, 0.25) is 0 Å². The maximum atomic E-state index is 12.2. The van der Waals surface area contributed by atoms with E-state index in [0.717, 1.165) is 16.7 Å². The highest BCUT2D eigenvalue weighted by molar-refractivity contribution is 5.85. The van der Waals surface area contributed by atoms with E-state index in [4.69, 9.17) is 14.2 Å². The van der Waals surface area contributed by atoms with Crippen molar-refractivity contribution in [2.24, 2.45) is 0 Å². The van der Waals surface area contributed by atoms with Gasteiger partial charge >= 0.3 is 6.03 Å². The van der Waals surface area contributed by atoms with Gasteiger partial charge in [-0.2, -0.15) is 0 Å². The first-order valence-corrected chi connectivity index (χ1v) is 8.40. The van der Waals surface area contributed by atoms with Crippen LogP contribution in [0, 0.1) is 0 Å². The number of carbonyl (C=O) groups is 1. The SMILES string of the molecule is COCc1cccc(CNC(=O)NC(C)c2cc(OC)ccc2OC)c1.Cl. The third kappa shape index (κ3) is 6.66. The molecule has 2 rings (SSSR count). The maximum Gasteiger partial charge on any atom is 0.315 e. The molecule has 0 bridgehead atoms. The first-order valence-electron chi connectivity index (χ1n) is 8.40. The standard InChI is InChI=1S/C20H26N2O4.ClH/c1-14(18-11-17(25-3)8-9-19(18)26-4)22-20(23)21-12-15-6-5-7-16(10-15)13-24-2;/h5-11,14H,12-13H2,1-4H3,(H2,21,22,23);1H. The molecule has 2 aromatic rings. The third-order valence-electron chi connectivity index (χ3n) is 4.01. The lowest BCUT2D eigenvalue weighted by Crippen LogP contribution is -2.36. The van der Waals surface area contributed by atoms with Crippen LogP contribution in [-0.4, -0.2) is 27.4 Å². The lowest BCUT2D eigenvalue weighted by Gasteiger charge is -2.18. The number of methoxy groups -OCH3 is 3. The fourth-order valence-corrected chi connectivity index (χ4v) is 2.68. The minimum Gasteiger partial charge on any atom is -0.497 e. The number of nitrogens with one attached hydrogen (secondary N) is 2. The fraction of sp³-hybridized carbons (Fsp3) is 0.350. The molecule has 1 unspecified atom stereocenters. The minimum atomic E-state index is -0.250. The van der Waals surface area contributed by atoms with Gasteiger partial charge in [0.25, 0.3) is 0 Å². The van der Waals surface area contributed by atoms with E-state index >= 15 is 0 Å². The number of hydrogen-bond donors (Lipinski definition) is 2. The number of amides is 2. The smallest absolute Gasteiger partial charge is 0.315 e. The van der Waals surface area contributed by atoms with Gasteiger partial charge in [0.1, 0.15) is 11.5 Å². The summed E-state index contributed by atoms with van der Waals surface area (Å²) in [5.41, 5.74) is 2.94. The van der Waals surface area contributed by atoms with Crippen molar-refractivity contribution in [1.82, 2.24) is 10.6 Å². The van der Waals surface area contributed by atoms with E-state index in [1.807, 2.05) is 49.4 Å². The van der Waals surface area contributed by atoms with Crippen LogP contribution in [0.25, 0.3) is 0 Å². The molecule has 2 N–H and O–H groups in total. The van der Waals surface area contributed by atoms with Crippen LogP contribution >= 0.6 is 12.4 Å². The summed E-state index contributed by atoms with van der Waals surface area (Å²) in [5, 5.41) is 5.79. The molecule has 2 amide bonds. The summed E-state index contributed by atoms with van der Waals surface area (Å²) in [5.74, 6) is 1.41. The number of urea groups is 1. The zero-order valence-corrected chi connectivity index (χ0v) is 16.9. The van der Waals surface area contributed by atoms with Crippen molar-refractivity contribution in [3.05, 3.63) is 59.2 Å². The van der Waals surface area contributed by atoms with Crippen molar-refractivity contribution in [1.29, 1.82) is 0 Å². The Morgan fingerprint density at radius 3 is 2.44 bits per heavy atom. The molecule has 0 aliphatic rings. The molecular formula is C20H27ClN2O4. The van der Waals surface area contributed by atoms with E-state index in [2.05, 4.69) is 10.6 Å². The molecule has 0 radical (unpaired) electrons. The van der Waals surface area contributed by atoms with E-state index in [1.165, 1.54) is 0 Å². The number of benzene rings is 2. The first kappa shape index (κ1) is 22.6. The molecule has 1 atom stereocenters. The van der Waals surface area contributed by atoms with Crippen LogP contribution in [0.5, 0.6) is 11.5 Å². The summed E-state index contributed by atoms with van der Waals surface area (Å²) in [6.45, 7) is 2.88. The minimum absolute atomic E-state index is 0. The monoisotopic (exact) mass is 394 g/mol. The Morgan fingerprint density at radius 2 is 1.78 bits per heavy atom. The normalized spacial score (nSPS) is 11.1. The summed E-state index contributed by atoms with van der Waals surface area (Å²) < 4.78 is 15.8. The van der Waals surface area contributed by atoms with Crippen LogP contribution < -0.4 is 20.1 Å². The van der Waals surface area contributed by atoms with Crippen LogP contribution in [-0.2, 0) is 17.9 Å². The molecule has 27 heavy (non-hydrogen) atoms. The van der Waals surface area contributed by atoms with Crippen molar-refractivity contribution in [2.75, 3.05) is 21.3 Å². The van der Waals surface area contributed by atoms with Crippen molar-refractivity contribution >= 4 is 18.4 Å². The average molecular weight is 395 g/mol. The van der Waals surface area contributed by atoms with E-state index < -0.39 is 0 Å². The fourth-order valence-electron chi connectivity index (χ4n) is 2.68. The number of hydrogen-bond acceptors (Lipinski definition) is 4.